The second-order valence-corrected chi connectivity index (χ2v) is 5.52. The zero-order valence-electron chi connectivity index (χ0n) is 12.8. The Morgan fingerprint density at radius 3 is 2.81 bits per heavy atom. The van der Waals surface area contributed by atoms with Crippen molar-refractivity contribution in [2.24, 2.45) is 0 Å². The largest absolute Gasteiger partial charge is 0.496 e. The van der Waals surface area contributed by atoms with E-state index in [0.717, 1.165) is 24.2 Å². The van der Waals surface area contributed by atoms with Crippen molar-refractivity contribution < 1.29 is 14.3 Å². The molecule has 2 rings (SSSR count). The predicted octanol–water partition coefficient (Wildman–Crippen LogP) is 2.35. The van der Waals surface area contributed by atoms with E-state index in [-0.39, 0.29) is 11.3 Å². The Kier molecular flexibility index (Phi) is 5.02. The van der Waals surface area contributed by atoms with Gasteiger partial charge in [-0.2, -0.15) is 0 Å². The Morgan fingerprint density at radius 2 is 2.19 bits per heavy atom. The van der Waals surface area contributed by atoms with E-state index < -0.39 is 0 Å². The Labute approximate surface area is 126 Å². The van der Waals surface area contributed by atoms with Crippen molar-refractivity contribution >= 4 is 5.91 Å². The fourth-order valence-electron chi connectivity index (χ4n) is 2.87. The predicted molar refractivity (Wildman–Crippen MR) is 82.7 cm³/mol. The Hall–Kier alpha value is -1.81. The lowest BCUT2D eigenvalue weighted by Crippen LogP contribution is -2.44. The van der Waals surface area contributed by atoms with Gasteiger partial charge in [0.1, 0.15) is 5.75 Å². The number of benzene rings is 1. The molecule has 0 bridgehead atoms. The molecule has 4 heteroatoms. The molecule has 0 atom stereocenters. The highest BCUT2D eigenvalue weighted by Crippen LogP contribution is 2.39. The topological polar surface area (TPSA) is 47.6 Å². The zero-order valence-corrected chi connectivity index (χ0v) is 12.8. The van der Waals surface area contributed by atoms with Crippen LogP contribution in [0.5, 0.6) is 5.75 Å². The molecule has 1 aromatic carbocycles. The summed E-state index contributed by atoms with van der Waals surface area (Å²) >= 11 is 0. The van der Waals surface area contributed by atoms with Crippen LogP contribution < -0.4 is 10.1 Å². The molecular weight excluding hydrogens is 266 g/mol. The minimum Gasteiger partial charge on any atom is -0.496 e. The van der Waals surface area contributed by atoms with Gasteiger partial charge < -0.3 is 14.8 Å². The Balaban J connectivity index is 2.37. The van der Waals surface area contributed by atoms with E-state index in [4.69, 9.17) is 9.47 Å². The minimum absolute atomic E-state index is 0.145. The van der Waals surface area contributed by atoms with Gasteiger partial charge in [-0.15, -0.1) is 0 Å². The van der Waals surface area contributed by atoms with Crippen LogP contribution in [0.4, 0.5) is 0 Å². The summed E-state index contributed by atoms with van der Waals surface area (Å²) in [6.07, 6.45) is 3.04. The average Bonchev–Trinajstić information content (AvgIpc) is 2.53. The molecule has 1 N–H and O–H groups in total. The maximum Gasteiger partial charge on any atom is 0.243 e. The molecule has 1 amide bonds. The third-order valence-corrected chi connectivity index (χ3v) is 4.16. The molecule has 0 radical (unpaired) electrons. The first-order valence-corrected chi connectivity index (χ1v) is 7.24. The summed E-state index contributed by atoms with van der Waals surface area (Å²) in [6, 6.07) is 6.19. The van der Waals surface area contributed by atoms with Gasteiger partial charge in [0, 0.05) is 30.7 Å². The van der Waals surface area contributed by atoms with Crippen LogP contribution in [0.15, 0.2) is 30.9 Å². The number of amides is 1. The summed E-state index contributed by atoms with van der Waals surface area (Å²) in [4.78, 5) is 11.6. The van der Waals surface area contributed by atoms with Gasteiger partial charge in [0.2, 0.25) is 5.91 Å². The van der Waals surface area contributed by atoms with Crippen molar-refractivity contribution in [2.75, 3.05) is 26.9 Å². The molecule has 1 aromatic rings. The lowest BCUT2D eigenvalue weighted by Gasteiger charge is -2.38. The summed E-state index contributed by atoms with van der Waals surface area (Å²) in [7, 11) is 1.68. The van der Waals surface area contributed by atoms with E-state index in [0.29, 0.717) is 19.8 Å². The second-order valence-electron chi connectivity index (χ2n) is 5.52. The molecule has 21 heavy (non-hydrogen) atoms. The highest BCUT2D eigenvalue weighted by atomic mass is 16.5. The van der Waals surface area contributed by atoms with Crippen LogP contribution in [0.25, 0.3) is 0 Å². The van der Waals surface area contributed by atoms with Crippen molar-refractivity contribution in [3.63, 3.8) is 0 Å². The molecular formula is C17H23NO3. The van der Waals surface area contributed by atoms with Gasteiger partial charge in [-0.25, -0.2) is 0 Å². The monoisotopic (exact) mass is 289 g/mol. The molecule has 0 saturated carbocycles. The van der Waals surface area contributed by atoms with Gasteiger partial charge in [0.05, 0.1) is 7.11 Å². The average molecular weight is 289 g/mol. The molecule has 1 aliphatic rings. The van der Waals surface area contributed by atoms with Crippen LogP contribution in [0, 0.1) is 6.92 Å². The normalized spacial score (nSPS) is 17.0. The molecule has 1 aliphatic heterocycles. The van der Waals surface area contributed by atoms with Crippen LogP contribution in [0.2, 0.25) is 0 Å². The van der Waals surface area contributed by atoms with Crippen LogP contribution >= 0.6 is 0 Å². The van der Waals surface area contributed by atoms with E-state index in [2.05, 4.69) is 24.9 Å². The number of methoxy groups -OCH3 is 1. The third kappa shape index (κ3) is 3.45. The van der Waals surface area contributed by atoms with Gasteiger partial charge >= 0.3 is 0 Å². The fourth-order valence-corrected chi connectivity index (χ4v) is 2.87. The Morgan fingerprint density at radius 1 is 1.48 bits per heavy atom. The van der Waals surface area contributed by atoms with Gasteiger partial charge in [-0.3, -0.25) is 4.79 Å². The van der Waals surface area contributed by atoms with Crippen LogP contribution in [-0.4, -0.2) is 32.8 Å². The molecule has 114 valence electrons. The minimum atomic E-state index is -0.146. The maximum atomic E-state index is 11.6. The highest BCUT2D eigenvalue weighted by Gasteiger charge is 2.37. The zero-order chi connectivity index (χ0) is 15.3. The maximum absolute atomic E-state index is 11.6. The second kappa shape index (κ2) is 6.76. The van der Waals surface area contributed by atoms with E-state index in [1.165, 1.54) is 11.6 Å². The summed E-state index contributed by atoms with van der Waals surface area (Å²) < 4.78 is 11.0. The molecule has 4 nitrogen and oxygen atoms in total. The number of carbonyl (C=O) groups excluding carboxylic acids is 1. The first-order valence-electron chi connectivity index (χ1n) is 7.24. The number of hydrogen-bond acceptors (Lipinski definition) is 3. The third-order valence-electron chi connectivity index (χ3n) is 4.16. The summed E-state index contributed by atoms with van der Waals surface area (Å²) in [6.45, 7) is 7.54. The molecule has 1 heterocycles. The fraction of sp³-hybridized carbons (Fsp3) is 0.471. The molecule has 0 aromatic heterocycles. The lowest BCUT2D eigenvalue weighted by atomic mass is 9.73. The van der Waals surface area contributed by atoms with Crippen molar-refractivity contribution in [3.8, 4) is 5.75 Å². The van der Waals surface area contributed by atoms with E-state index in [1.807, 2.05) is 12.1 Å². The lowest BCUT2D eigenvalue weighted by molar-refractivity contribution is -0.117. The molecule has 1 fully saturated rings. The van der Waals surface area contributed by atoms with Crippen molar-refractivity contribution in [1.29, 1.82) is 0 Å². The summed E-state index contributed by atoms with van der Waals surface area (Å²) in [5, 5.41) is 2.94. The van der Waals surface area contributed by atoms with Crippen LogP contribution in [0.3, 0.4) is 0 Å². The number of ether oxygens (including phenoxy) is 2. The van der Waals surface area contributed by atoms with Gasteiger partial charge in [-0.1, -0.05) is 24.3 Å². The van der Waals surface area contributed by atoms with Gasteiger partial charge in [0.25, 0.3) is 0 Å². The SMILES string of the molecule is C=CC(=O)NCC1(c2cc(C)ccc2OC)CCOCC1. The molecule has 0 spiro atoms. The van der Waals surface area contributed by atoms with Crippen LogP contribution in [0.1, 0.15) is 24.0 Å². The highest BCUT2D eigenvalue weighted by molar-refractivity contribution is 5.86. The summed E-state index contributed by atoms with van der Waals surface area (Å²) in [5.74, 6) is 0.725. The Bertz CT molecular complexity index is 519. The van der Waals surface area contributed by atoms with Crippen molar-refractivity contribution in [1.82, 2.24) is 5.32 Å². The van der Waals surface area contributed by atoms with Crippen molar-refractivity contribution in [3.05, 3.63) is 42.0 Å². The first-order chi connectivity index (χ1) is 10.1. The number of rotatable bonds is 5. The first kappa shape index (κ1) is 15.6. The number of nitrogens with one attached hydrogen (secondary N) is 1. The van der Waals surface area contributed by atoms with E-state index in [9.17, 15) is 4.79 Å². The molecule has 0 unspecified atom stereocenters. The summed E-state index contributed by atoms with van der Waals surface area (Å²) in [5.41, 5.74) is 2.19. The number of aryl methyl sites for hydroxylation is 1. The molecule has 0 aliphatic carbocycles. The van der Waals surface area contributed by atoms with E-state index >= 15 is 0 Å². The standard InChI is InChI=1S/C17H23NO3/c1-4-16(19)18-12-17(7-9-21-10-8-17)14-11-13(2)5-6-15(14)20-3/h4-6,11H,1,7-10,12H2,2-3H3,(H,18,19). The quantitative estimate of drug-likeness (QED) is 0.847. The number of hydrogen-bond donors (Lipinski definition) is 1. The smallest absolute Gasteiger partial charge is 0.243 e. The number of carbonyl (C=O) groups is 1. The molecule has 1 saturated heterocycles. The van der Waals surface area contributed by atoms with Gasteiger partial charge in [0.15, 0.2) is 0 Å². The van der Waals surface area contributed by atoms with Crippen molar-refractivity contribution in [2.45, 2.75) is 25.2 Å². The van der Waals surface area contributed by atoms with Crippen LogP contribution in [-0.2, 0) is 14.9 Å². The van der Waals surface area contributed by atoms with E-state index in [1.54, 1.807) is 7.11 Å². The van der Waals surface area contributed by atoms with Gasteiger partial charge in [-0.05, 0) is 31.9 Å².